The van der Waals surface area contributed by atoms with E-state index in [1.807, 2.05) is 13.8 Å². The zero-order valence-corrected chi connectivity index (χ0v) is 12.6. The summed E-state index contributed by atoms with van der Waals surface area (Å²) in [7, 11) is 0. The molecule has 0 fully saturated rings. The first-order valence-electron chi connectivity index (χ1n) is 7.02. The zero-order chi connectivity index (χ0) is 15.3. The van der Waals surface area contributed by atoms with Crippen molar-refractivity contribution in [3.05, 3.63) is 24.0 Å². The van der Waals surface area contributed by atoms with Crippen molar-refractivity contribution >= 4 is 17.3 Å². The van der Waals surface area contributed by atoms with E-state index in [1.165, 1.54) is 18.2 Å². The predicted molar refractivity (Wildman–Crippen MR) is 81.0 cm³/mol. The third-order valence-electron chi connectivity index (χ3n) is 3.67. The molecule has 2 unspecified atom stereocenters. The van der Waals surface area contributed by atoms with E-state index in [0.29, 0.717) is 11.7 Å². The van der Waals surface area contributed by atoms with Crippen molar-refractivity contribution in [2.75, 3.05) is 17.6 Å². The maximum atomic E-state index is 13.0. The highest BCUT2D eigenvalue weighted by Crippen LogP contribution is 2.20. The highest BCUT2D eigenvalue weighted by atomic mass is 19.1. The summed E-state index contributed by atoms with van der Waals surface area (Å²) in [6, 6.07) is 4.02. The number of nitrogens with two attached hydrogens (primary N) is 1. The van der Waals surface area contributed by atoms with E-state index in [2.05, 4.69) is 24.1 Å². The van der Waals surface area contributed by atoms with Crippen LogP contribution in [0.4, 0.5) is 15.8 Å². The Hall–Kier alpha value is -1.62. The van der Waals surface area contributed by atoms with Gasteiger partial charge in [0.2, 0.25) is 5.91 Å². The summed E-state index contributed by atoms with van der Waals surface area (Å²) in [6.45, 7) is 8.88. The Morgan fingerprint density at radius 1 is 1.40 bits per heavy atom. The van der Waals surface area contributed by atoms with Crippen molar-refractivity contribution < 1.29 is 9.18 Å². The number of rotatable bonds is 6. The van der Waals surface area contributed by atoms with Crippen molar-refractivity contribution in [2.24, 2.45) is 0 Å². The van der Waals surface area contributed by atoms with Crippen molar-refractivity contribution in [1.29, 1.82) is 0 Å². The number of nitrogen functional groups attached to an aromatic ring is 1. The molecular formula is C15H24FN3O. The van der Waals surface area contributed by atoms with Gasteiger partial charge in [-0.2, -0.15) is 0 Å². The van der Waals surface area contributed by atoms with E-state index in [9.17, 15) is 9.18 Å². The molecule has 0 spiro atoms. The minimum Gasteiger partial charge on any atom is -0.397 e. The number of benzene rings is 1. The first kappa shape index (κ1) is 16.4. The topological polar surface area (TPSA) is 58.4 Å². The zero-order valence-electron chi connectivity index (χ0n) is 12.6. The lowest BCUT2D eigenvalue weighted by atomic mass is 10.1. The van der Waals surface area contributed by atoms with E-state index >= 15 is 0 Å². The van der Waals surface area contributed by atoms with Gasteiger partial charge < -0.3 is 11.1 Å². The lowest BCUT2D eigenvalue weighted by Crippen LogP contribution is -2.46. The number of nitrogens with one attached hydrogen (secondary N) is 1. The fraction of sp³-hybridized carbons (Fsp3) is 0.533. The summed E-state index contributed by atoms with van der Waals surface area (Å²) in [4.78, 5) is 14.4. The highest BCUT2D eigenvalue weighted by Gasteiger charge is 2.23. The van der Waals surface area contributed by atoms with Gasteiger partial charge in [0.25, 0.3) is 0 Å². The molecule has 1 rings (SSSR count). The molecule has 3 N–H and O–H groups in total. The summed E-state index contributed by atoms with van der Waals surface area (Å²) >= 11 is 0. The van der Waals surface area contributed by atoms with Crippen LogP contribution in [0, 0.1) is 5.82 Å². The van der Waals surface area contributed by atoms with Gasteiger partial charge >= 0.3 is 0 Å². The van der Waals surface area contributed by atoms with Crippen molar-refractivity contribution in [2.45, 2.75) is 46.2 Å². The van der Waals surface area contributed by atoms with E-state index < -0.39 is 5.82 Å². The molecule has 0 heterocycles. The third kappa shape index (κ3) is 3.93. The van der Waals surface area contributed by atoms with E-state index in [4.69, 9.17) is 5.73 Å². The average Bonchev–Trinajstić information content (AvgIpc) is 2.42. The van der Waals surface area contributed by atoms with E-state index in [-0.39, 0.29) is 17.6 Å². The number of hydrogen-bond donors (Lipinski definition) is 2. The molecule has 5 heteroatoms. The number of likely N-dealkylation sites (N-methyl/N-ethyl adjacent to an activating group) is 1. The van der Waals surface area contributed by atoms with E-state index in [0.717, 1.165) is 13.0 Å². The lowest BCUT2D eigenvalue weighted by molar-refractivity contribution is -0.121. The second-order valence-corrected chi connectivity index (χ2v) is 4.98. The van der Waals surface area contributed by atoms with Crippen LogP contribution in [0.3, 0.4) is 0 Å². The molecule has 0 aliphatic carbocycles. The molecule has 1 amide bonds. The van der Waals surface area contributed by atoms with Crippen LogP contribution >= 0.6 is 0 Å². The van der Waals surface area contributed by atoms with Crippen molar-refractivity contribution in [3.63, 3.8) is 0 Å². The number of carbonyl (C=O) groups is 1. The molecule has 112 valence electrons. The summed E-state index contributed by atoms with van der Waals surface area (Å²) < 4.78 is 13.0. The Labute approximate surface area is 120 Å². The van der Waals surface area contributed by atoms with Gasteiger partial charge in [0.15, 0.2) is 0 Å². The maximum absolute atomic E-state index is 13.0. The molecule has 0 saturated heterocycles. The summed E-state index contributed by atoms with van der Waals surface area (Å²) in [6.07, 6.45) is 0.976. The molecule has 0 radical (unpaired) electrons. The van der Waals surface area contributed by atoms with Crippen LogP contribution < -0.4 is 11.1 Å². The van der Waals surface area contributed by atoms with Crippen molar-refractivity contribution in [3.8, 4) is 0 Å². The predicted octanol–water partition coefficient (Wildman–Crippen LogP) is 2.86. The minimum absolute atomic E-state index is 0.134. The molecule has 2 atom stereocenters. The Morgan fingerprint density at radius 3 is 2.55 bits per heavy atom. The molecule has 1 aromatic rings. The highest BCUT2D eigenvalue weighted by molar-refractivity contribution is 5.97. The van der Waals surface area contributed by atoms with Gasteiger partial charge in [-0.05, 0) is 45.0 Å². The summed E-state index contributed by atoms with van der Waals surface area (Å²) in [5, 5.41) is 2.76. The monoisotopic (exact) mass is 281 g/mol. The first-order valence-corrected chi connectivity index (χ1v) is 7.02. The van der Waals surface area contributed by atoms with Gasteiger partial charge in [-0.1, -0.05) is 13.8 Å². The second kappa shape index (κ2) is 7.24. The molecule has 0 aliphatic heterocycles. The van der Waals surface area contributed by atoms with Gasteiger partial charge in [-0.25, -0.2) is 4.39 Å². The lowest BCUT2D eigenvalue weighted by Gasteiger charge is -2.32. The SMILES string of the molecule is CCC(C)N(CC)C(C)C(=O)Nc1ccc(F)cc1N. The average molecular weight is 281 g/mol. The molecule has 0 aliphatic rings. The number of amides is 1. The number of hydrogen-bond acceptors (Lipinski definition) is 3. The number of halogens is 1. The first-order chi connectivity index (χ1) is 9.40. The van der Waals surface area contributed by atoms with Crippen LogP contribution in [0.15, 0.2) is 18.2 Å². The van der Waals surface area contributed by atoms with Crippen LogP contribution in [0.2, 0.25) is 0 Å². The number of carbonyl (C=O) groups excluding carboxylic acids is 1. The molecule has 1 aromatic carbocycles. The van der Waals surface area contributed by atoms with Crippen molar-refractivity contribution in [1.82, 2.24) is 4.90 Å². The molecule has 0 saturated carbocycles. The van der Waals surface area contributed by atoms with Crippen LogP contribution in [0.25, 0.3) is 0 Å². The standard InChI is InChI=1S/C15H24FN3O/c1-5-10(3)19(6-2)11(4)15(20)18-14-8-7-12(16)9-13(14)17/h7-11H,5-6,17H2,1-4H3,(H,18,20). The maximum Gasteiger partial charge on any atom is 0.241 e. The Morgan fingerprint density at radius 2 is 2.05 bits per heavy atom. The largest absolute Gasteiger partial charge is 0.397 e. The van der Waals surface area contributed by atoms with Gasteiger partial charge in [-0.15, -0.1) is 0 Å². The van der Waals surface area contributed by atoms with Crippen LogP contribution in [-0.2, 0) is 4.79 Å². The quantitative estimate of drug-likeness (QED) is 0.788. The van der Waals surface area contributed by atoms with Crippen LogP contribution in [0.1, 0.15) is 34.1 Å². The minimum atomic E-state index is -0.414. The van der Waals surface area contributed by atoms with Gasteiger partial charge in [0.05, 0.1) is 17.4 Å². The third-order valence-corrected chi connectivity index (χ3v) is 3.67. The normalized spacial score (nSPS) is 14.1. The van der Waals surface area contributed by atoms with Gasteiger partial charge in [0.1, 0.15) is 5.82 Å². The Kier molecular flexibility index (Phi) is 5.95. The van der Waals surface area contributed by atoms with Crippen LogP contribution in [-0.4, -0.2) is 29.4 Å². The van der Waals surface area contributed by atoms with Gasteiger partial charge in [-0.3, -0.25) is 9.69 Å². The number of nitrogens with zero attached hydrogens (tertiary/aromatic N) is 1. The smallest absolute Gasteiger partial charge is 0.241 e. The summed E-state index contributed by atoms with van der Waals surface area (Å²) in [5.41, 5.74) is 6.38. The molecule has 4 nitrogen and oxygen atoms in total. The fourth-order valence-electron chi connectivity index (χ4n) is 2.24. The fourth-order valence-corrected chi connectivity index (χ4v) is 2.24. The molecule has 0 bridgehead atoms. The molecule has 0 aromatic heterocycles. The van der Waals surface area contributed by atoms with Crippen LogP contribution in [0.5, 0.6) is 0 Å². The summed E-state index contributed by atoms with van der Waals surface area (Å²) in [5.74, 6) is -0.547. The Balaban J connectivity index is 2.79. The molecule has 20 heavy (non-hydrogen) atoms. The van der Waals surface area contributed by atoms with E-state index in [1.54, 1.807) is 0 Å². The second-order valence-electron chi connectivity index (χ2n) is 4.98. The van der Waals surface area contributed by atoms with Gasteiger partial charge in [0, 0.05) is 6.04 Å². The molecular weight excluding hydrogens is 257 g/mol. The Bertz CT molecular complexity index is 464. The number of anilines is 2.